The summed E-state index contributed by atoms with van der Waals surface area (Å²) >= 11 is 5.64. The Morgan fingerprint density at radius 2 is 1.90 bits per heavy atom. The van der Waals surface area contributed by atoms with Crippen LogP contribution in [0.3, 0.4) is 0 Å². The van der Waals surface area contributed by atoms with Crippen molar-refractivity contribution < 1.29 is 31.5 Å². The first kappa shape index (κ1) is 17.6. The molecule has 1 aromatic rings. The number of nitrogens with one attached hydrogen (secondary N) is 1. The molecular formula is C11H11ClF3NO4S. The van der Waals surface area contributed by atoms with Gasteiger partial charge in [0.05, 0.1) is 17.0 Å². The zero-order valence-electron chi connectivity index (χ0n) is 10.4. The van der Waals surface area contributed by atoms with Gasteiger partial charge in [0.1, 0.15) is 0 Å². The standard InChI is InChI=1S/C11H11ClF3NO4S/c12-8-4-7(10(17)18)5-9(6-8)16-21(19,20)3-1-2-11(13,14)15/h4-6,16H,1-3H2,(H,17,18). The molecule has 0 saturated heterocycles. The van der Waals surface area contributed by atoms with Gasteiger partial charge in [-0.3, -0.25) is 4.72 Å². The van der Waals surface area contributed by atoms with E-state index in [4.69, 9.17) is 16.7 Å². The first-order chi connectivity index (χ1) is 9.48. The second kappa shape index (κ2) is 6.52. The number of anilines is 1. The van der Waals surface area contributed by atoms with Crippen molar-refractivity contribution in [1.82, 2.24) is 0 Å². The summed E-state index contributed by atoms with van der Waals surface area (Å²) in [5, 5.41) is 8.79. The summed E-state index contributed by atoms with van der Waals surface area (Å²) in [6.45, 7) is 0. The Kier molecular flexibility index (Phi) is 5.46. The number of aromatic carboxylic acids is 1. The van der Waals surface area contributed by atoms with E-state index in [1.165, 1.54) is 0 Å². The number of hydrogen-bond acceptors (Lipinski definition) is 3. The van der Waals surface area contributed by atoms with Crippen LogP contribution in [-0.4, -0.2) is 31.4 Å². The molecule has 0 atom stereocenters. The Labute approximate surface area is 123 Å². The molecule has 0 aromatic heterocycles. The summed E-state index contributed by atoms with van der Waals surface area (Å²) in [6, 6.07) is 3.30. The predicted molar refractivity (Wildman–Crippen MR) is 71.1 cm³/mol. The Morgan fingerprint density at radius 3 is 2.43 bits per heavy atom. The van der Waals surface area contributed by atoms with E-state index in [0.717, 1.165) is 18.2 Å². The second-order valence-electron chi connectivity index (χ2n) is 4.17. The highest BCUT2D eigenvalue weighted by Gasteiger charge is 2.27. The maximum absolute atomic E-state index is 12.0. The number of rotatable bonds is 6. The predicted octanol–water partition coefficient (Wildman–Crippen LogP) is 3.12. The molecule has 21 heavy (non-hydrogen) atoms. The maximum Gasteiger partial charge on any atom is 0.389 e. The van der Waals surface area contributed by atoms with Gasteiger partial charge in [-0.2, -0.15) is 13.2 Å². The minimum atomic E-state index is -4.43. The second-order valence-corrected chi connectivity index (χ2v) is 6.45. The third-order valence-electron chi connectivity index (χ3n) is 2.29. The van der Waals surface area contributed by atoms with Crippen molar-refractivity contribution in [3.63, 3.8) is 0 Å². The van der Waals surface area contributed by atoms with Gasteiger partial charge in [-0.25, -0.2) is 13.2 Å². The molecule has 2 N–H and O–H groups in total. The summed E-state index contributed by atoms with van der Waals surface area (Å²) in [6.07, 6.45) is -6.24. The molecule has 0 fully saturated rings. The Morgan fingerprint density at radius 1 is 1.29 bits per heavy atom. The van der Waals surface area contributed by atoms with Gasteiger partial charge in [0.15, 0.2) is 0 Å². The molecule has 0 bridgehead atoms. The molecule has 0 radical (unpaired) electrons. The molecule has 10 heteroatoms. The van der Waals surface area contributed by atoms with Crippen molar-refractivity contribution in [3.8, 4) is 0 Å². The zero-order valence-corrected chi connectivity index (χ0v) is 12.0. The van der Waals surface area contributed by atoms with Gasteiger partial charge in [0.2, 0.25) is 10.0 Å². The monoisotopic (exact) mass is 345 g/mol. The number of halogens is 4. The van der Waals surface area contributed by atoms with E-state index in [1.54, 1.807) is 0 Å². The lowest BCUT2D eigenvalue weighted by molar-refractivity contribution is -0.134. The lowest BCUT2D eigenvalue weighted by atomic mass is 10.2. The fourth-order valence-corrected chi connectivity index (χ4v) is 2.80. The van der Waals surface area contributed by atoms with Crippen molar-refractivity contribution >= 4 is 33.3 Å². The molecule has 1 aromatic carbocycles. The number of sulfonamides is 1. The number of hydrogen-bond donors (Lipinski definition) is 2. The third-order valence-corrected chi connectivity index (χ3v) is 3.88. The van der Waals surface area contributed by atoms with Crippen molar-refractivity contribution in [2.45, 2.75) is 19.0 Å². The lowest BCUT2D eigenvalue weighted by Gasteiger charge is -2.10. The Hall–Kier alpha value is -1.48. The highest BCUT2D eigenvalue weighted by Crippen LogP contribution is 2.23. The topological polar surface area (TPSA) is 83.5 Å². The Bertz CT molecular complexity index is 631. The molecule has 0 aliphatic rings. The van der Waals surface area contributed by atoms with Crippen molar-refractivity contribution in [2.75, 3.05) is 10.5 Å². The number of benzene rings is 1. The molecule has 0 heterocycles. The van der Waals surface area contributed by atoms with E-state index in [2.05, 4.69) is 0 Å². The highest BCUT2D eigenvalue weighted by molar-refractivity contribution is 7.92. The van der Waals surface area contributed by atoms with Gasteiger partial charge < -0.3 is 5.11 Å². The first-order valence-electron chi connectivity index (χ1n) is 5.60. The number of carboxylic acids is 1. The number of alkyl halides is 3. The SMILES string of the molecule is O=C(O)c1cc(Cl)cc(NS(=O)(=O)CCCC(F)(F)F)c1. The summed E-state index contributed by atoms with van der Waals surface area (Å²) in [7, 11) is -4.02. The van der Waals surface area contributed by atoms with Crippen LogP contribution in [0, 0.1) is 0 Å². The summed E-state index contributed by atoms with van der Waals surface area (Å²) in [5.74, 6) is -2.04. The van der Waals surface area contributed by atoms with Gasteiger partial charge >= 0.3 is 12.1 Å². The molecule has 118 valence electrons. The number of carboxylic acid groups (broad SMARTS) is 1. The van der Waals surface area contributed by atoms with Crippen molar-refractivity contribution in [2.24, 2.45) is 0 Å². The van der Waals surface area contributed by atoms with E-state index in [0.29, 0.717) is 0 Å². The zero-order chi connectivity index (χ0) is 16.3. The minimum absolute atomic E-state index is 0.0112. The molecule has 1 rings (SSSR count). The smallest absolute Gasteiger partial charge is 0.389 e. The average molecular weight is 346 g/mol. The molecule has 0 amide bonds. The highest BCUT2D eigenvalue weighted by atomic mass is 35.5. The van der Waals surface area contributed by atoms with Crippen LogP contribution in [0.4, 0.5) is 18.9 Å². The van der Waals surface area contributed by atoms with Crippen LogP contribution in [-0.2, 0) is 10.0 Å². The number of carbonyl (C=O) groups is 1. The molecule has 0 aliphatic carbocycles. The largest absolute Gasteiger partial charge is 0.478 e. The quantitative estimate of drug-likeness (QED) is 0.829. The van der Waals surface area contributed by atoms with E-state index in [-0.39, 0.29) is 16.3 Å². The van der Waals surface area contributed by atoms with E-state index in [9.17, 15) is 26.4 Å². The first-order valence-corrected chi connectivity index (χ1v) is 7.63. The van der Waals surface area contributed by atoms with Crippen LogP contribution in [0.2, 0.25) is 5.02 Å². The minimum Gasteiger partial charge on any atom is -0.478 e. The molecule has 0 saturated carbocycles. The fraction of sp³-hybridized carbons (Fsp3) is 0.364. The normalized spacial score (nSPS) is 12.2. The van der Waals surface area contributed by atoms with Crippen LogP contribution < -0.4 is 4.72 Å². The Balaban J connectivity index is 2.78. The lowest BCUT2D eigenvalue weighted by Crippen LogP contribution is -2.19. The van der Waals surface area contributed by atoms with E-state index < -0.39 is 40.8 Å². The molecule has 5 nitrogen and oxygen atoms in total. The van der Waals surface area contributed by atoms with E-state index in [1.807, 2.05) is 4.72 Å². The summed E-state index contributed by atoms with van der Waals surface area (Å²) < 4.78 is 61.1. The van der Waals surface area contributed by atoms with Gasteiger partial charge in [0, 0.05) is 11.4 Å². The van der Waals surface area contributed by atoms with Crippen LogP contribution in [0.5, 0.6) is 0 Å². The van der Waals surface area contributed by atoms with Gasteiger partial charge in [-0.1, -0.05) is 11.6 Å². The van der Waals surface area contributed by atoms with Crippen LogP contribution in [0.25, 0.3) is 0 Å². The van der Waals surface area contributed by atoms with Crippen molar-refractivity contribution in [3.05, 3.63) is 28.8 Å². The van der Waals surface area contributed by atoms with Gasteiger partial charge in [-0.05, 0) is 24.6 Å². The molecular weight excluding hydrogens is 335 g/mol. The van der Waals surface area contributed by atoms with Crippen LogP contribution in [0.1, 0.15) is 23.2 Å². The molecule has 0 spiro atoms. The van der Waals surface area contributed by atoms with E-state index >= 15 is 0 Å². The van der Waals surface area contributed by atoms with Gasteiger partial charge in [-0.15, -0.1) is 0 Å². The van der Waals surface area contributed by atoms with Crippen molar-refractivity contribution in [1.29, 1.82) is 0 Å². The fourth-order valence-electron chi connectivity index (χ4n) is 1.47. The average Bonchev–Trinajstić information content (AvgIpc) is 2.24. The molecule has 0 aliphatic heterocycles. The van der Waals surface area contributed by atoms with Crippen LogP contribution >= 0.6 is 11.6 Å². The van der Waals surface area contributed by atoms with Crippen LogP contribution in [0.15, 0.2) is 18.2 Å². The summed E-state index contributed by atoms with van der Waals surface area (Å²) in [5.41, 5.74) is -0.359. The summed E-state index contributed by atoms with van der Waals surface area (Å²) in [4.78, 5) is 10.8. The molecule has 0 unspecified atom stereocenters. The maximum atomic E-state index is 12.0. The van der Waals surface area contributed by atoms with Gasteiger partial charge in [0.25, 0.3) is 0 Å². The third kappa shape index (κ3) is 6.67.